The molecule has 5 heteroatoms. The largest absolute Gasteiger partial charge is 0.459 e. The van der Waals surface area contributed by atoms with E-state index < -0.39 is 5.60 Å². The van der Waals surface area contributed by atoms with Crippen molar-refractivity contribution in [2.24, 2.45) is 52.8 Å². The minimum Gasteiger partial charge on any atom is -0.459 e. The molecule has 7 rings (SSSR count). The first-order valence-corrected chi connectivity index (χ1v) is 15.9. The van der Waals surface area contributed by atoms with Crippen LogP contribution in [0.3, 0.4) is 0 Å². The average molecular weight is 534 g/mol. The summed E-state index contributed by atoms with van der Waals surface area (Å²) in [5, 5.41) is 12.0. The maximum atomic E-state index is 13.8. The summed E-state index contributed by atoms with van der Waals surface area (Å²) in [7, 11) is 0. The molecule has 2 aliphatic heterocycles. The summed E-state index contributed by atoms with van der Waals surface area (Å²) in [6.07, 6.45) is 8.91. The van der Waals surface area contributed by atoms with Crippen molar-refractivity contribution in [2.75, 3.05) is 13.1 Å². The number of rotatable bonds is 2. The smallest absolute Gasteiger partial charge is 0.338 e. The second-order valence-corrected chi connectivity index (χ2v) is 15.0. The van der Waals surface area contributed by atoms with Crippen molar-refractivity contribution < 1.29 is 19.4 Å². The Morgan fingerprint density at radius 2 is 1.72 bits per heavy atom. The van der Waals surface area contributed by atoms with Crippen molar-refractivity contribution in [3.8, 4) is 0 Å². The van der Waals surface area contributed by atoms with Crippen LogP contribution < -0.4 is 0 Å². The summed E-state index contributed by atoms with van der Waals surface area (Å²) in [6, 6.07) is 9.54. The van der Waals surface area contributed by atoms with Crippen molar-refractivity contribution in [1.29, 1.82) is 0 Å². The number of piperidine rings is 2. The minimum atomic E-state index is -0.606. The number of ketones is 1. The fourth-order valence-corrected chi connectivity index (χ4v) is 11.2. The zero-order valence-corrected chi connectivity index (χ0v) is 24.1. The summed E-state index contributed by atoms with van der Waals surface area (Å²) < 4.78 is 5.95. The van der Waals surface area contributed by atoms with Gasteiger partial charge in [0.2, 0.25) is 0 Å². The van der Waals surface area contributed by atoms with E-state index in [0.717, 1.165) is 38.8 Å². The monoisotopic (exact) mass is 533 g/mol. The molecular formula is C34H47NO4. The molecule has 2 saturated heterocycles. The second-order valence-electron chi connectivity index (χ2n) is 15.0. The molecule has 1 aromatic carbocycles. The number of esters is 1. The number of carbonyl (C=O) groups is 2. The van der Waals surface area contributed by atoms with Crippen molar-refractivity contribution in [3.63, 3.8) is 0 Å². The lowest BCUT2D eigenvalue weighted by Crippen LogP contribution is -2.67. The molecule has 0 bridgehead atoms. The Kier molecular flexibility index (Phi) is 6.32. The number of fused-ring (bicyclic) bond motifs is 8. The lowest BCUT2D eigenvalue weighted by molar-refractivity contribution is -0.175. The molecule has 1 N–H and O–H groups in total. The summed E-state index contributed by atoms with van der Waals surface area (Å²) >= 11 is 0. The fourth-order valence-electron chi connectivity index (χ4n) is 11.2. The Morgan fingerprint density at radius 1 is 0.923 bits per heavy atom. The van der Waals surface area contributed by atoms with Crippen molar-refractivity contribution in [2.45, 2.75) is 96.3 Å². The summed E-state index contributed by atoms with van der Waals surface area (Å²) in [4.78, 5) is 29.2. The van der Waals surface area contributed by atoms with E-state index in [1.807, 2.05) is 18.2 Å². The molecule has 2 heterocycles. The molecule has 6 aliphatic rings. The quantitative estimate of drug-likeness (QED) is 0.490. The van der Waals surface area contributed by atoms with Crippen LogP contribution in [0.25, 0.3) is 0 Å². The van der Waals surface area contributed by atoms with E-state index in [1.165, 1.54) is 19.3 Å². The summed E-state index contributed by atoms with van der Waals surface area (Å²) in [5.74, 6) is 4.12. The molecule has 4 aliphatic carbocycles. The molecule has 0 spiro atoms. The van der Waals surface area contributed by atoms with Crippen LogP contribution in [0, 0.1) is 52.8 Å². The van der Waals surface area contributed by atoms with Crippen LogP contribution in [0.2, 0.25) is 0 Å². The Balaban J connectivity index is 1.10. The maximum absolute atomic E-state index is 13.8. The normalized spacial score (nSPS) is 49.2. The van der Waals surface area contributed by atoms with E-state index >= 15 is 0 Å². The Labute approximate surface area is 234 Å². The highest BCUT2D eigenvalue weighted by molar-refractivity contribution is 5.89. The third-order valence-electron chi connectivity index (χ3n) is 13.1. The van der Waals surface area contributed by atoms with E-state index in [1.54, 1.807) is 12.1 Å². The lowest BCUT2D eigenvalue weighted by atomic mass is 9.51. The van der Waals surface area contributed by atoms with E-state index in [2.05, 4.69) is 25.7 Å². The third-order valence-corrected chi connectivity index (χ3v) is 13.1. The SMILES string of the molecule is C[C@H]1CC[C@@H]2N(C1)C[C@H]1[C@@H]3C[C@H]4[C@@H](CC(=O)[C@H]5C[C@@H](OC(=O)c6ccccc6)CC[C@@]54C)[C@@H]3CC[C@@H]1[C@]2(C)O. The molecule has 1 aromatic rings. The first-order valence-electron chi connectivity index (χ1n) is 15.9. The molecule has 39 heavy (non-hydrogen) atoms. The van der Waals surface area contributed by atoms with Crippen molar-refractivity contribution >= 4 is 11.8 Å². The number of Topliss-reactive ketones (excluding diaryl/α,β-unsaturated/α-hetero) is 1. The topological polar surface area (TPSA) is 66.8 Å². The molecule has 212 valence electrons. The van der Waals surface area contributed by atoms with E-state index in [4.69, 9.17) is 4.74 Å². The number of aliphatic hydroxyl groups is 1. The summed E-state index contributed by atoms with van der Waals surface area (Å²) in [5.41, 5.74) is -0.0175. The first kappa shape index (κ1) is 26.2. The number of benzene rings is 1. The van der Waals surface area contributed by atoms with Gasteiger partial charge >= 0.3 is 5.97 Å². The average Bonchev–Trinajstić information content (AvgIpc) is 3.29. The highest BCUT2D eigenvalue weighted by atomic mass is 16.5. The van der Waals surface area contributed by atoms with Crippen LogP contribution in [0.15, 0.2) is 30.3 Å². The van der Waals surface area contributed by atoms with Crippen LogP contribution >= 0.6 is 0 Å². The molecule has 0 radical (unpaired) electrons. The Morgan fingerprint density at radius 3 is 2.51 bits per heavy atom. The van der Waals surface area contributed by atoms with Gasteiger partial charge in [0.25, 0.3) is 0 Å². The molecule has 12 atom stereocenters. The Bertz CT molecular complexity index is 1120. The van der Waals surface area contributed by atoms with Crippen molar-refractivity contribution in [3.05, 3.63) is 35.9 Å². The highest BCUT2D eigenvalue weighted by Gasteiger charge is 2.64. The van der Waals surface area contributed by atoms with E-state index in [-0.39, 0.29) is 23.4 Å². The number of hydrogen-bond donors (Lipinski definition) is 1. The van der Waals surface area contributed by atoms with Gasteiger partial charge in [-0.3, -0.25) is 9.69 Å². The number of hydrogen-bond acceptors (Lipinski definition) is 5. The maximum Gasteiger partial charge on any atom is 0.338 e. The van der Waals surface area contributed by atoms with Gasteiger partial charge in [0, 0.05) is 31.5 Å². The van der Waals surface area contributed by atoms with Crippen LogP contribution in [0.1, 0.15) is 88.9 Å². The van der Waals surface area contributed by atoms with E-state index in [0.29, 0.717) is 71.7 Å². The predicted octanol–water partition coefficient (Wildman–Crippen LogP) is 5.75. The molecule has 4 saturated carbocycles. The van der Waals surface area contributed by atoms with Gasteiger partial charge in [0.1, 0.15) is 11.9 Å². The van der Waals surface area contributed by atoms with Gasteiger partial charge in [-0.05, 0) is 117 Å². The highest BCUT2D eigenvalue weighted by Crippen LogP contribution is 2.66. The van der Waals surface area contributed by atoms with Gasteiger partial charge < -0.3 is 9.84 Å². The van der Waals surface area contributed by atoms with Crippen LogP contribution in [0.5, 0.6) is 0 Å². The second kappa shape index (κ2) is 9.41. The van der Waals surface area contributed by atoms with Gasteiger partial charge in [0.15, 0.2) is 0 Å². The predicted molar refractivity (Wildman–Crippen MR) is 150 cm³/mol. The van der Waals surface area contributed by atoms with Gasteiger partial charge in [-0.1, -0.05) is 32.0 Å². The first-order chi connectivity index (χ1) is 18.7. The minimum absolute atomic E-state index is 0.00110. The fraction of sp³-hybridized carbons (Fsp3) is 0.765. The lowest BCUT2D eigenvalue weighted by Gasteiger charge is -2.59. The van der Waals surface area contributed by atoms with E-state index in [9.17, 15) is 14.7 Å². The molecule has 5 nitrogen and oxygen atoms in total. The Hall–Kier alpha value is -1.72. The number of ether oxygens (including phenoxy) is 1. The van der Waals surface area contributed by atoms with Gasteiger partial charge in [-0.2, -0.15) is 0 Å². The van der Waals surface area contributed by atoms with Gasteiger partial charge in [-0.15, -0.1) is 0 Å². The van der Waals surface area contributed by atoms with Crippen LogP contribution in [-0.4, -0.2) is 52.6 Å². The number of nitrogens with zero attached hydrogens (tertiary/aromatic N) is 1. The standard InChI is InChI=1S/C34H47NO4/c1-20-9-12-31-34(3,38)27-11-10-23-24(26(27)19-35(31)18-20)16-28-25(23)17-30(36)29-15-22(13-14-33(28,29)2)39-32(37)21-7-5-4-6-8-21/h4-8,20,22-29,31,38H,9-19H2,1-3H3/t20-,22-,23+,24+,25-,26-,27-,28-,29+,31-,33+,34-/m0/s1. The number of carbonyl (C=O) groups excluding carboxylic acids is 2. The zero-order valence-electron chi connectivity index (χ0n) is 24.1. The molecule has 0 unspecified atom stereocenters. The van der Waals surface area contributed by atoms with Gasteiger partial charge in [0.05, 0.1) is 11.2 Å². The van der Waals surface area contributed by atoms with Crippen LogP contribution in [-0.2, 0) is 9.53 Å². The molecule has 0 aromatic heterocycles. The molecule has 6 fully saturated rings. The van der Waals surface area contributed by atoms with Gasteiger partial charge in [-0.25, -0.2) is 4.79 Å². The molecule has 0 amide bonds. The summed E-state index contributed by atoms with van der Waals surface area (Å²) in [6.45, 7) is 9.18. The van der Waals surface area contributed by atoms with Crippen molar-refractivity contribution in [1.82, 2.24) is 4.90 Å². The zero-order chi connectivity index (χ0) is 27.1. The third kappa shape index (κ3) is 4.08. The molecular weight excluding hydrogens is 486 g/mol. The van der Waals surface area contributed by atoms with Crippen LogP contribution in [0.4, 0.5) is 0 Å².